The highest BCUT2D eigenvalue weighted by Crippen LogP contribution is 2.21. The minimum atomic E-state index is -0.998. The van der Waals surface area contributed by atoms with E-state index < -0.39 is 23.8 Å². The molecule has 1 heterocycles. The quantitative estimate of drug-likeness (QED) is 0.478. The number of ketones is 1. The van der Waals surface area contributed by atoms with Crippen LogP contribution in [-0.2, 0) is 14.3 Å². The lowest BCUT2D eigenvalue weighted by atomic mass is 10.1. The van der Waals surface area contributed by atoms with Gasteiger partial charge in [-0.3, -0.25) is 4.79 Å². The Bertz CT molecular complexity index is 907. The van der Waals surface area contributed by atoms with Gasteiger partial charge in [0.2, 0.25) is 5.78 Å². The van der Waals surface area contributed by atoms with Gasteiger partial charge >= 0.3 is 11.9 Å². The van der Waals surface area contributed by atoms with E-state index in [2.05, 4.69) is 4.98 Å². The summed E-state index contributed by atoms with van der Waals surface area (Å²) < 4.78 is 9.93. The van der Waals surface area contributed by atoms with Gasteiger partial charge in [0.25, 0.3) is 0 Å². The molecule has 0 aliphatic carbocycles. The summed E-state index contributed by atoms with van der Waals surface area (Å²) in [5, 5.41) is 0. The Morgan fingerprint density at radius 1 is 1.15 bits per heavy atom. The van der Waals surface area contributed by atoms with E-state index in [9.17, 15) is 14.4 Å². The van der Waals surface area contributed by atoms with Crippen molar-refractivity contribution in [2.75, 3.05) is 7.11 Å². The summed E-state index contributed by atoms with van der Waals surface area (Å²) in [6.07, 6.45) is 1.92. The number of benzene rings is 1. The number of aromatic amines is 1. The molecule has 27 heavy (non-hydrogen) atoms. The Labute approximate surface area is 158 Å². The van der Waals surface area contributed by atoms with Crippen LogP contribution in [-0.4, -0.2) is 35.9 Å². The molecular formula is C21H23NO5. The average Bonchev–Trinajstić information content (AvgIpc) is 2.93. The molecule has 2 rings (SSSR count). The van der Waals surface area contributed by atoms with Crippen LogP contribution in [0.15, 0.2) is 30.3 Å². The molecule has 0 unspecified atom stereocenters. The van der Waals surface area contributed by atoms with Gasteiger partial charge in [-0.05, 0) is 44.9 Å². The summed E-state index contributed by atoms with van der Waals surface area (Å²) in [6, 6.07) is 7.64. The van der Waals surface area contributed by atoms with Crippen LogP contribution >= 0.6 is 0 Å². The van der Waals surface area contributed by atoms with E-state index >= 15 is 0 Å². The number of hydrogen-bond donors (Lipinski definition) is 1. The topological polar surface area (TPSA) is 85.5 Å². The van der Waals surface area contributed by atoms with E-state index in [0.717, 1.165) is 11.1 Å². The highest BCUT2D eigenvalue weighted by Gasteiger charge is 2.26. The lowest BCUT2D eigenvalue weighted by Crippen LogP contribution is -2.24. The van der Waals surface area contributed by atoms with Gasteiger partial charge in [0.15, 0.2) is 6.10 Å². The number of carbonyl (C=O) groups excluding carboxylic acids is 3. The van der Waals surface area contributed by atoms with Gasteiger partial charge in [-0.25, -0.2) is 9.59 Å². The average molecular weight is 369 g/mol. The van der Waals surface area contributed by atoms with Crippen LogP contribution in [0.25, 0.3) is 6.08 Å². The molecule has 0 bridgehead atoms. The van der Waals surface area contributed by atoms with Crippen LogP contribution in [0.1, 0.15) is 50.2 Å². The molecule has 1 aromatic heterocycles. The van der Waals surface area contributed by atoms with Crippen molar-refractivity contribution in [1.29, 1.82) is 0 Å². The Morgan fingerprint density at radius 3 is 2.48 bits per heavy atom. The lowest BCUT2D eigenvalue weighted by molar-refractivity contribution is -0.140. The van der Waals surface area contributed by atoms with Crippen molar-refractivity contribution in [3.05, 3.63) is 64.0 Å². The second-order valence-electron chi connectivity index (χ2n) is 6.31. The third-order valence-electron chi connectivity index (χ3n) is 4.19. The summed E-state index contributed by atoms with van der Waals surface area (Å²) in [7, 11) is 1.28. The first kappa shape index (κ1) is 20.2. The molecule has 1 atom stereocenters. The summed E-state index contributed by atoms with van der Waals surface area (Å²) >= 11 is 0. The maximum absolute atomic E-state index is 12.6. The Kier molecular flexibility index (Phi) is 6.34. The SMILES string of the molecule is COC(=O)c1c(C)[nH]c(C(=O)[C@H](C)OC(=O)/C=C/c2cccc(C)c2)c1C. The predicted octanol–water partition coefficient (Wildman–Crippen LogP) is 3.55. The van der Waals surface area contributed by atoms with Crippen LogP contribution in [0.2, 0.25) is 0 Å². The zero-order chi connectivity index (χ0) is 20.1. The van der Waals surface area contributed by atoms with Crippen LogP contribution in [0, 0.1) is 20.8 Å². The predicted molar refractivity (Wildman–Crippen MR) is 102 cm³/mol. The number of ether oxygens (including phenoxy) is 2. The highest BCUT2D eigenvalue weighted by atomic mass is 16.5. The molecule has 0 saturated heterocycles. The van der Waals surface area contributed by atoms with Crippen LogP contribution in [0.5, 0.6) is 0 Å². The summed E-state index contributed by atoms with van der Waals surface area (Å²) in [5.41, 5.74) is 3.50. The first-order chi connectivity index (χ1) is 12.7. The zero-order valence-electron chi connectivity index (χ0n) is 16.1. The first-order valence-corrected chi connectivity index (χ1v) is 8.51. The molecule has 1 aromatic carbocycles. The van der Waals surface area contributed by atoms with Crippen molar-refractivity contribution in [3.8, 4) is 0 Å². The molecule has 0 radical (unpaired) electrons. The fraction of sp³-hybridized carbons (Fsp3) is 0.286. The second-order valence-corrected chi connectivity index (χ2v) is 6.31. The fourth-order valence-corrected chi connectivity index (χ4v) is 2.81. The molecule has 0 spiro atoms. The number of rotatable bonds is 6. The molecule has 2 aromatic rings. The van der Waals surface area contributed by atoms with E-state index in [1.807, 2.05) is 31.2 Å². The van der Waals surface area contributed by atoms with Crippen LogP contribution in [0.4, 0.5) is 0 Å². The molecule has 142 valence electrons. The molecule has 0 aliphatic heterocycles. The van der Waals surface area contributed by atoms with Gasteiger partial charge in [-0.2, -0.15) is 0 Å². The van der Waals surface area contributed by atoms with Crippen molar-refractivity contribution in [2.24, 2.45) is 0 Å². The summed E-state index contributed by atoms with van der Waals surface area (Å²) in [4.78, 5) is 39.3. The third-order valence-corrected chi connectivity index (χ3v) is 4.19. The Morgan fingerprint density at radius 2 is 1.85 bits per heavy atom. The number of hydrogen-bond acceptors (Lipinski definition) is 5. The van der Waals surface area contributed by atoms with E-state index in [4.69, 9.17) is 9.47 Å². The van der Waals surface area contributed by atoms with Gasteiger partial charge < -0.3 is 14.5 Å². The van der Waals surface area contributed by atoms with Gasteiger partial charge in [0, 0.05) is 11.8 Å². The van der Waals surface area contributed by atoms with Gasteiger partial charge in [0.05, 0.1) is 18.4 Å². The monoisotopic (exact) mass is 369 g/mol. The minimum Gasteiger partial charge on any atom is -0.465 e. The van der Waals surface area contributed by atoms with Crippen LogP contribution < -0.4 is 0 Å². The molecule has 0 aliphatic rings. The number of aryl methyl sites for hydroxylation is 2. The molecule has 0 amide bonds. The zero-order valence-corrected chi connectivity index (χ0v) is 16.1. The maximum Gasteiger partial charge on any atom is 0.339 e. The van der Waals surface area contributed by atoms with Gasteiger partial charge in [-0.1, -0.05) is 29.8 Å². The van der Waals surface area contributed by atoms with E-state index in [0.29, 0.717) is 16.8 Å². The Hall–Kier alpha value is -3.15. The smallest absolute Gasteiger partial charge is 0.339 e. The number of methoxy groups -OCH3 is 1. The van der Waals surface area contributed by atoms with Crippen LogP contribution in [0.3, 0.4) is 0 Å². The maximum atomic E-state index is 12.6. The van der Waals surface area contributed by atoms with Gasteiger partial charge in [0.1, 0.15) is 0 Å². The van der Waals surface area contributed by atoms with Crippen molar-refractivity contribution < 1.29 is 23.9 Å². The molecule has 0 saturated carbocycles. The molecule has 1 N–H and O–H groups in total. The fourth-order valence-electron chi connectivity index (χ4n) is 2.81. The minimum absolute atomic E-state index is 0.232. The molecule has 6 heteroatoms. The highest BCUT2D eigenvalue weighted by molar-refractivity contribution is 6.04. The van der Waals surface area contributed by atoms with Crippen molar-refractivity contribution in [1.82, 2.24) is 4.98 Å². The van der Waals surface area contributed by atoms with Crippen molar-refractivity contribution in [3.63, 3.8) is 0 Å². The first-order valence-electron chi connectivity index (χ1n) is 8.51. The van der Waals surface area contributed by atoms with Gasteiger partial charge in [-0.15, -0.1) is 0 Å². The standard InChI is InChI=1S/C21H23NO5/c1-12-7-6-8-16(11-12)9-10-17(23)27-15(4)20(24)19-13(2)18(14(3)22-19)21(25)26-5/h6-11,15,22H,1-5H3/b10-9+/t15-/m0/s1. The molecular weight excluding hydrogens is 346 g/mol. The normalized spacial score (nSPS) is 12.0. The van der Waals surface area contributed by atoms with E-state index in [-0.39, 0.29) is 5.69 Å². The van der Waals surface area contributed by atoms with Crippen molar-refractivity contribution >= 4 is 23.8 Å². The largest absolute Gasteiger partial charge is 0.465 e. The third kappa shape index (κ3) is 4.73. The van der Waals surface area contributed by atoms with Crippen molar-refractivity contribution in [2.45, 2.75) is 33.8 Å². The Balaban J connectivity index is 2.09. The summed E-state index contributed by atoms with van der Waals surface area (Å²) in [6.45, 7) is 6.78. The number of nitrogens with one attached hydrogen (secondary N) is 1. The number of Topliss-reactive ketones (excluding diaryl/α,β-unsaturated/α-hetero) is 1. The number of esters is 2. The molecule has 6 nitrogen and oxygen atoms in total. The summed E-state index contributed by atoms with van der Waals surface area (Å²) in [5.74, 6) is -1.56. The van der Waals surface area contributed by atoms with E-state index in [1.165, 1.54) is 20.1 Å². The second kappa shape index (κ2) is 8.49. The number of H-pyrrole nitrogens is 1. The lowest BCUT2D eigenvalue weighted by Gasteiger charge is -2.10. The molecule has 0 fully saturated rings. The number of aromatic nitrogens is 1. The number of carbonyl (C=O) groups is 3. The van der Waals surface area contributed by atoms with E-state index in [1.54, 1.807) is 19.9 Å².